The Morgan fingerprint density at radius 3 is 1.62 bits per heavy atom. The minimum Gasteiger partial charge on any atom is -0.481 e. The number of amides is 5. The second-order valence-corrected chi connectivity index (χ2v) is 20.0. The zero-order valence-corrected chi connectivity index (χ0v) is 45.8. The van der Waals surface area contributed by atoms with Gasteiger partial charge in [-0.25, -0.2) is 14.4 Å². The standard InChI is InChI=1S/C53H85N11O16/c54-52(55)57-24-12-16-38(49(75)60-40(50(76)77)18-10-11-23-56-45(68)34-62-26-28-63(35-47(71)72)30-31-64(29-27-62)36-48(73)74)33-43(66)42(32-37-14-6-5-7-15-37)59-44(67)19-9-4-2-1-3-8-17-39(65)21-22-41(51(78)79)61-53(80)58-25-13-20-46(69)70/h5-7,14-15,38,40-42H,1-4,8-13,16-36H2,(H,56,68)(H,59,67)(H,60,75)(H,69,70)(H,71,72)(H,73,74)(H,76,77)(H,78,79)(H4,54,55,57)(H2,58,61,80)/t38-,40+,41?,42+/m1/s1. The molecule has 27 nitrogen and oxygen atoms in total. The van der Waals surface area contributed by atoms with Gasteiger partial charge in [0.2, 0.25) is 17.7 Å². The maximum absolute atomic E-state index is 14.1. The number of carbonyl (C=O) groups is 11. The second-order valence-electron chi connectivity index (χ2n) is 20.0. The van der Waals surface area contributed by atoms with Crippen molar-refractivity contribution in [1.82, 2.24) is 41.3 Å². The first-order valence-corrected chi connectivity index (χ1v) is 27.4. The number of nitrogens with two attached hydrogens (primary N) is 2. The van der Waals surface area contributed by atoms with E-state index in [2.05, 4.69) is 31.6 Å². The molecule has 0 saturated carbocycles. The summed E-state index contributed by atoms with van der Waals surface area (Å²) in [5, 5.41) is 59.9. The van der Waals surface area contributed by atoms with Crippen molar-refractivity contribution in [2.75, 3.05) is 78.5 Å². The van der Waals surface area contributed by atoms with Crippen LogP contribution in [-0.2, 0) is 54.4 Å². The van der Waals surface area contributed by atoms with Crippen LogP contribution in [0.2, 0.25) is 0 Å². The molecule has 1 saturated heterocycles. The lowest BCUT2D eigenvalue weighted by molar-refractivity contribution is -0.143. The molecule has 0 aromatic heterocycles. The highest BCUT2D eigenvalue weighted by Gasteiger charge is 2.31. The Kier molecular flexibility index (Phi) is 34.4. The van der Waals surface area contributed by atoms with Crippen LogP contribution in [0.5, 0.6) is 0 Å². The third-order valence-electron chi connectivity index (χ3n) is 13.2. The number of nitrogens with one attached hydrogen (secondary N) is 5. The second kappa shape index (κ2) is 40.0. The maximum Gasteiger partial charge on any atom is 0.326 e. The number of hydrogen-bond acceptors (Lipinski definition) is 15. The molecule has 14 N–H and O–H groups in total. The lowest BCUT2D eigenvalue weighted by atomic mass is 9.90. The van der Waals surface area contributed by atoms with E-state index in [4.69, 9.17) is 16.6 Å². The number of hydrogen-bond donors (Lipinski definition) is 12. The molecule has 1 aromatic rings. The fourth-order valence-electron chi connectivity index (χ4n) is 8.82. The molecule has 0 bridgehead atoms. The van der Waals surface area contributed by atoms with Gasteiger partial charge >= 0.3 is 35.9 Å². The number of aliphatic carboxylic acids is 5. The summed E-state index contributed by atoms with van der Waals surface area (Å²) in [4.78, 5) is 145. The van der Waals surface area contributed by atoms with Crippen molar-refractivity contribution in [2.45, 2.75) is 140 Å². The van der Waals surface area contributed by atoms with E-state index in [1.54, 1.807) is 40.1 Å². The Morgan fingerprint density at radius 1 is 0.512 bits per heavy atom. The summed E-state index contributed by atoms with van der Waals surface area (Å²) in [7, 11) is 0. The van der Waals surface area contributed by atoms with Crippen LogP contribution in [0.4, 0.5) is 4.79 Å². The van der Waals surface area contributed by atoms with Crippen molar-refractivity contribution < 1.29 is 78.3 Å². The summed E-state index contributed by atoms with van der Waals surface area (Å²) in [5.74, 6) is -8.80. The lowest BCUT2D eigenvalue weighted by Crippen LogP contribution is -2.46. The normalized spacial score (nSPS) is 14.8. The molecule has 1 unspecified atom stereocenters. The Labute approximate surface area is 466 Å². The minimum absolute atomic E-state index is 0.00335. The number of Topliss-reactive ketones (excluding diaryl/α,β-unsaturated/α-hetero) is 2. The number of carbonyl (C=O) groups excluding carboxylic acids is 6. The van der Waals surface area contributed by atoms with Gasteiger partial charge in [-0.15, -0.1) is 0 Å². The Balaban J connectivity index is 1.92. The number of aliphatic imine (C=N–C) groups is 1. The smallest absolute Gasteiger partial charge is 0.326 e. The molecule has 448 valence electrons. The maximum atomic E-state index is 14.1. The van der Waals surface area contributed by atoms with E-state index < -0.39 is 71.6 Å². The molecule has 1 aliphatic rings. The van der Waals surface area contributed by atoms with E-state index >= 15 is 0 Å². The molecule has 1 heterocycles. The molecule has 0 radical (unpaired) electrons. The zero-order chi connectivity index (χ0) is 59.2. The molecular formula is C53H85N11O16. The first-order valence-electron chi connectivity index (χ1n) is 27.4. The van der Waals surface area contributed by atoms with Crippen LogP contribution in [0.3, 0.4) is 0 Å². The molecule has 1 aromatic carbocycles. The third-order valence-corrected chi connectivity index (χ3v) is 13.2. The largest absolute Gasteiger partial charge is 0.481 e. The van der Waals surface area contributed by atoms with Crippen LogP contribution in [0, 0.1) is 5.92 Å². The first-order chi connectivity index (χ1) is 38.1. The van der Waals surface area contributed by atoms with Gasteiger partial charge < -0.3 is 63.6 Å². The van der Waals surface area contributed by atoms with Crippen molar-refractivity contribution in [3.63, 3.8) is 0 Å². The highest BCUT2D eigenvalue weighted by Crippen LogP contribution is 2.18. The number of rotatable bonds is 42. The summed E-state index contributed by atoms with van der Waals surface area (Å²) in [6, 6.07) is 4.60. The summed E-state index contributed by atoms with van der Waals surface area (Å²) in [6.07, 6.45) is 5.12. The van der Waals surface area contributed by atoms with Crippen LogP contribution in [-0.4, -0.2) is 208 Å². The van der Waals surface area contributed by atoms with E-state index in [0.29, 0.717) is 71.4 Å². The average molecular weight is 1130 g/mol. The number of carboxylic acids is 5. The summed E-state index contributed by atoms with van der Waals surface area (Å²) < 4.78 is 0. The van der Waals surface area contributed by atoms with Gasteiger partial charge in [-0.2, -0.15) is 0 Å². The summed E-state index contributed by atoms with van der Waals surface area (Å²) in [5.41, 5.74) is 11.8. The van der Waals surface area contributed by atoms with Gasteiger partial charge in [-0.1, -0.05) is 56.0 Å². The fraction of sp³-hybridized carbons (Fsp3) is 0.660. The molecule has 1 aliphatic heterocycles. The minimum atomic E-state index is -1.33. The highest BCUT2D eigenvalue weighted by molar-refractivity contribution is 5.93. The van der Waals surface area contributed by atoms with E-state index in [9.17, 15) is 73.2 Å². The van der Waals surface area contributed by atoms with E-state index in [1.807, 2.05) is 4.90 Å². The van der Waals surface area contributed by atoms with Crippen LogP contribution < -0.4 is 38.1 Å². The Hall–Kier alpha value is -7.26. The lowest BCUT2D eigenvalue weighted by Gasteiger charge is -2.24. The van der Waals surface area contributed by atoms with Crippen LogP contribution in [0.25, 0.3) is 0 Å². The molecular weight excluding hydrogens is 1050 g/mol. The number of guanidine groups is 1. The van der Waals surface area contributed by atoms with E-state index in [-0.39, 0.29) is 133 Å². The number of nitrogens with zero attached hydrogens (tertiary/aromatic N) is 4. The van der Waals surface area contributed by atoms with Crippen molar-refractivity contribution in [3.8, 4) is 0 Å². The molecule has 27 heteroatoms. The predicted molar refractivity (Wildman–Crippen MR) is 292 cm³/mol. The molecule has 0 spiro atoms. The number of carboxylic acid groups (broad SMARTS) is 5. The van der Waals surface area contributed by atoms with Gasteiger partial charge in [0.25, 0.3) is 0 Å². The number of benzene rings is 1. The summed E-state index contributed by atoms with van der Waals surface area (Å²) >= 11 is 0. The SMILES string of the molecule is NC(N)=NCCC[C@H](CC(=O)[C@H](Cc1ccccc1)NC(=O)CCCCCCCCC(=O)CCC(NC(=O)NCCCC(=O)O)C(=O)O)C(=O)N[C@@H](CCCCNC(=O)CN1CCN(CC(=O)O)CCN(CC(=O)O)CC1)C(=O)O. The molecule has 0 aliphatic carbocycles. The van der Waals surface area contributed by atoms with Gasteiger partial charge in [0.1, 0.15) is 17.9 Å². The third kappa shape index (κ3) is 33.2. The number of ketones is 2. The monoisotopic (exact) mass is 1130 g/mol. The topological polar surface area (TPSA) is 423 Å². The van der Waals surface area contributed by atoms with Crippen molar-refractivity contribution in [3.05, 3.63) is 35.9 Å². The quantitative estimate of drug-likeness (QED) is 0.0239. The van der Waals surface area contributed by atoms with Gasteiger partial charge in [-0.3, -0.25) is 58.0 Å². The molecule has 4 atom stereocenters. The van der Waals surface area contributed by atoms with Crippen molar-refractivity contribution >= 4 is 71.1 Å². The fourth-order valence-corrected chi connectivity index (χ4v) is 8.82. The Bertz CT molecular complexity index is 2150. The van der Waals surface area contributed by atoms with Gasteiger partial charge in [0.15, 0.2) is 11.7 Å². The predicted octanol–water partition coefficient (Wildman–Crippen LogP) is 0.375. The van der Waals surface area contributed by atoms with Crippen LogP contribution in [0.1, 0.15) is 121 Å². The first kappa shape index (κ1) is 68.8. The van der Waals surface area contributed by atoms with E-state index in [1.165, 1.54) is 0 Å². The molecule has 80 heavy (non-hydrogen) atoms. The van der Waals surface area contributed by atoms with Crippen LogP contribution >= 0.6 is 0 Å². The number of unbranched alkanes of at least 4 members (excludes halogenated alkanes) is 6. The van der Waals surface area contributed by atoms with Crippen molar-refractivity contribution in [1.29, 1.82) is 0 Å². The number of urea groups is 1. The van der Waals surface area contributed by atoms with Crippen molar-refractivity contribution in [2.24, 2.45) is 22.4 Å². The van der Waals surface area contributed by atoms with Gasteiger partial charge in [-0.05, 0) is 69.8 Å². The molecule has 1 fully saturated rings. The summed E-state index contributed by atoms with van der Waals surface area (Å²) in [6.45, 7) is 2.07. The van der Waals surface area contributed by atoms with Gasteiger partial charge in [0.05, 0.1) is 25.7 Å². The molecule has 5 amide bonds. The zero-order valence-electron chi connectivity index (χ0n) is 45.8. The average Bonchev–Trinajstić information content (AvgIpc) is 3.48. The Morgan fingerprint density at radius 2 is 1.06 bits per heavy atom. The van der Waals surface area contributed by atoms with Gasteiger partial charge in [0, 0.05) is 96.9 Å². The van der Waals surface area contributed by atoms with E-state index in [0.717, 1.165) is 24.8 Å². The molecule has 2 rings (SSSR count). The van der Waals surface area contributed by atoms with Crippen LogP contribution in [0.15, 0.2) is 35.3 Å². The highest BCUT2D eigenvalue weighted by atomic mass is 16.4.